The number of aliphatic carboxylic acids is 1. The average Bonchev–Trinajstić information content (AvgIpc) is 2.63. The molecule has 1 heterocycles. The van der Waals surface area contributed by atoms with Gasteiger partial charge in [0.2, 0.25) is 5.91 Å². The van der Waals surface area contributed by atoms with Crippen molar-refractivity contribution in [2.75, 3.05) is 13.6 Å². The number of hydrogen-bond donors (Lipinski definition) is 2. The second-order valence-electron chi connectivity index (χ2n) is 5.09. The lowest BCUT2D eigenvalue weighted by atomic mass is 9.94. The van der Waals surface area contributed by atoms with Crippen LogP contribution in [0, 0.1) is 0 Å². The molecule has 1 fully saturated rings. The molecule has 0 aromatic rings. The van der Waals surface area contributed by atoms with Crippen molar-refractivity contribution in [2.45, 2.75) is 44.7 Å². The van der Waals surface area contributed by atoms with Crippen molar-refractivity contribution in [3.63, 3.8) is 0 Å². The number of carboxylic acid groups (broad SMARTS) is 1. The van der Waals surface area contributed by atoms with Gasteiger partial charge in [-0.15, -0.1) is 0 Å². The molecule has 16 heavy (non-hydrogen) atoms. The Morgan fingerprint density at radius 2 is 2.00 bits per heavy atom. The van der Waals surface area contributed by atoms with E-state index in [0.717, 1.165) is 19.4 Å². The number of likely N-dealkylation sites (N-methyl/N-ethyl adjacent to an activating group) is 1. The van der Waals surface area contributed by atoms with Crippen molar-refractivity contribution in [2.24, 2.45) is 0 Å². The summed E-state index contributed by atoms with van der Waals surface area (Å²) in [5.41, 5.74) is -1.79. The predicted octanol–water partition coefficient (Wildman–Crippen LogP) is 0.450. The second kappa shape index (κ2) is 4.05. The summed E-state index contributed by atoms with van der Waals surface area (Å²) in [5, 5.41) is 12.2. The lowest BCUT2D eigenvalue weighted by Gasteiger charge is -2.37. The number of nitrogens with one attached hydrogen (secondary N) is 1. The molecule has 0 aliphatic carbocycles. The molecule has 0 spiro atoms. The Labute approximate surface area is 95.8 Å². The zero-order valence-electron chi connectivity index (χ0n) is 10.3. The molecular weight excluding hydrogens is 208 g/mol. The molecule has 1 amide bonds. The summed E-state index contributed by atoms with van der Waals surface area (Å²) in [6.07, 6.45) is 1.70. The molecule has 1 saturated heterocycles. The minimum absolute atomic E-state index is 0.155. The van der Waals surface area contributed by atoms with E-state index in [1.807, 2.05) is 6.92 Å². The minimum Gasteiger partial charge on any atom is -0.480 e. The first-order valence-corrected chi connectivity index (χ1v) is 5.48. The van der Waals surface area contributed by atoms with Gasteiger partial charge in [0.25, 0.3) is 0 Å². The van der Waals surface area contributed by atoms with E-state index in [4.69, 9.17) is 5.11 Å². The van der Waals surface area contributed by atoms with Crippen LogP contribution in [-0.2, 0) is 9.59 Å². The third-order valence-corrected chi connectivity index (χ3v) is 3.51. The predicted molar refractivity (Wildman–Crippen MR) is 60.1 cm³/mol. The fourth-order valence-corrected chi connectivity index (χ4v) is 1.84. The van der Waals surface area contributed by atoms with Crippen molar-refractivity contribution in [1.29, 1.82) is 0 Å². The molecule has 0 aromatic carbocycles. The van der Waals surface area contributed by atoms with Gasteiger partial charge in [-0.2, -0.15) is 0 Å². The number of nitrogens with zero attached hydrogens (tertiary/aromatic N) is 1. The number of rotatable bonds is 3. The quantitative estimate of drug-likeness (QED) is 0.736. The molecule has 92 valence electrons. The number of carboxylic acids is 1. The van der Waals surface area contributed by atoms with Crippen LogP contribution in [0.5, 0.6) is 0 Å². The standard InChI is InChI=1S/C11H20N2O3/c1-10(2,9(15)16)13(4)8(14)11(3)6-5-7-12-11/h12H,5-7H2,1-4H3,(H,15,16). The summed E-state index contributed by atoms with van der Waals surface area (Å²) >= 11 is 0. The van der Waals surface area contributed by atoms with E-state index in [1.54, 1.807) is 7.05 Å². The van der Waals surface area contributed by atoms with E-state index in [9.17, 15) is 9.59 Å². The third-order valence-electron chi connectivity index (χ3n) is 3.51. The SMILES string of the molecule is CN(C(=O)C1(C)CCCN1)C(C)(C)C(=O)O. The minimum atomic E-state index is -1.18. The third kappa shape index (κ3) is 2.04. The summed E-state index contributed by atoms with van der Waals surface area (Å²) in [5.74, 6) is -1.15. The van der Waals surface area contributed by atoms with Gasteiger partial charge in [0, 0.05) is 7.05 Å². The largest absolute Gasteiger partial charge is 0.480 e. The molecule has 1 aliphatic heterocycles. The highest BCUT2D eigenvalue weighted by atomic mass is 16.4. The average molecular weight is 228 g/mol. The van der Waals surface area contributed by atoms with Crippen molar-refractivity contribution in [1.82, 2.24) is 10.2 Å². The van der Waals surface area contributed by atoms with Crippen LogP contribution in [0.4, 0.5) is 0 Å². The summed E-state index contributed by atoms with van der Waals surface area (Å²) < 4.78 is 0. The summed E-state index contributed by atoms with van der Waals surface area (Å²) in [6, 6.07) is 0. The maximum atomic E-state index is 12.2. The lowest BCUT2D eigenvalue weighted by Crippen LogP contribution is -2.59. The van der Waals surface area contributed by atoms with E-state index in [-0.39, 0.29) is 5.91 Å². The van der Waals surface area contributed by atoms with Gasteiger partial charge in [-0.25, -0.2) is 4.79 Å². The molecule has 0 bridgehead atoms. The Balaban J connectivity index is 2.85. The fraction of sp³-hybridized carbons (Fsp3) is 0.818. The van der Waals surface area contributed by atoms with Gasteiger partial charge in [0.1, 0.15) is 5.54 Å². The highest BCUT2D eigenvalue weighted by Crippen LogP contribution is 2.24. The molecule has 5 heteroatoms. The van der Waals surface area contributed by atoms with Gasteiger partial charge in [0.05, 0.1) is 5.54 Å². The van der Waals surface area contributed by atoms with Crippen LogP contribution in [0.1, 0.15) is 33.6 Å². The first-order valence-electron chi connectivity index (χ1n) is 5.48. The number of carbonyl (C=O) groups is 2. The van der Waals surface area contributed by atoms with E-state index < -0.39 is 17.0 Å². The van der Waals surface area contributed by atoms with Crippen LogP contribution < -0.4 is 5.32 Å². The zero-order chi connectivity index (χ0) is 12.6. The Morgan fingerprint density at radius 3 is 2.38 bits per heavy atom. The highest BCUT2D eigenvalue weighted by molar-refractivity contribution is 5.91. The smallest absolute Gasteiger partial charge is 0.329 e. The molecular formula is C11H20N2O3. The molecule has 0 saturated carbocycles. The van der Waals surface area contributed by atoms with E-state index >= 15 is 0 Å². The van der Waals surface area contributed by atoms with Crippen molar-refractivity contribution in [3.8, 4) is 0 Å². The van der Waals surface area contributed by atoms with Gasteiger partial charge in [0.15, 0.2) is 0 Å². The van der Waals surface area contributed by atoms with Crippen LogP contribution in [0.15, 0.2) is 0 Å². The summed E-state index contributed by atoms with van der Waals surface area (Å²) in [4.78, 5) is 24.6. The Kier molecular flexibility index (Phi) is 3.28. The van der Waals surface area contributed by atoms with Gasteiger partial charge in [-0.1, -0.05) is 0 Å². The van der Waals surface area contributed by atoms with Crippen LogP contribution >= 0.6 is 0 Å². The maximum Gasteiger partial charge on any atom is 0.329 e. The molecule has 1 rings (SSSR count). The molecule has 5 nitrogen and oxygen atoms in total. The van der Waals surface area contributed by atoms with E-state index in [2.05, 4.69) is 5.32 Å². The molecule has 1 unspecified atom stereocenters. The highest BCUT2D eigenvalue weighted by Gasteiger charge is 2.44. The van der Waals surface area contributed by atoms with Gasteiger partial charge < -0.3 is 15.3 Å². The first-order chi connectivity index (χ1) is 7.22. The number of carbonyl (C=O) groups excluding carboxylic acids is 1. The molecule has 1 atom stereocenters. The monoisotopic (exact) mass is 228 g/mol. The number of hydrogen-bond acceptors (Lipinski definition) is 3. The normalized spacial score (nSPS) is 25.5. The Hall–Kier alpha value is -1.10. The molecule has 0 radical (unpaired) electrons. The van der Waals surface area contributed by atoms with Gasteiger partial charge >= 0.3 is 5.97 Å². The molecule has 2 N–H and O–H groups in total. The first kappa shape index (κ1) is 13.0. The topological polar surface area (TPSA) is 69.6 Å². The van der Waals surface area contributed by atoms with Gasteiger partial charge in [-0.3, -0.25) is 4.79 Å². The van der Waals surface area contributed by atoms with Gasteiger partial charge in [-0.05, 0) is 40.2 Å². The summed E-state index contributed by atoms with van der Waals surface area (Å²) in [6.45, 7) is 5.71. The van der Waals surface area contributed by atoms with Crippen LogP contribution in [0.25, 0.3) is 0 Å². The van der Waals surface area contributed by atoms with E-state index in [0.29, 0.717) is 0 Å². The van der Waals surface area contributed by atoms with Crippen LogP contribution in [-0.4, -0.2) is 46.6 Å². The number of amides is 1. The van der Waals surface area contributed by atoms with E-state index in [1.165, 1.54) is 18.7 Å². The van der Waals surface area contributed by atoms with Crippen molar-refractivity contribution < 1.29 is 14.7 Å². The zero-order valence-corrected chi connectivity index (χ0v) is 10.3. The fourth-order valence-electron chi connectivity index (χ4n) is 1.84. The second-order valence-corrected chi connectivity index (χ2v) is 5.09. The molecule has 1 aliphatic rings. The van der Waals surface area contributed by atoms with Crippen LogP contribution in [0.3, 0.4) is 0 Å². The van der Waals surface area contributed by atoms with Crippen LogP contribution in [0.2, 0.25) is 0 Å². The Morgan fingerprint density at radius 1 is 1.44 bits per heavy atom. The summed E-state index contributed by atoms with van der Waals surface area (Å²) in [7, 11) is 1.54. The van der Waals surface area contributed by atoms with Crippen molar-refractivity contribution in [3.05, 3.63) is 0 Å². The molecule has 0 aromatic heterocycles. The van der Waals surface area contributed by atoms with Crippen molar-refractivity contribution >= 4 is 11.9 Å². The lowest BCUT2D eigenvalue weighted by molar-refractivity contribution is -0.157. The maximum absolute atomic E-state index is 12.2. The Bertz CT molecular complexity index is 306.